The topological polar surface area (TPSA) is 35.2 Å². The number of hydrogen-bond acceptors (Lipinski definition) is 4. The number of benzene rings is 2. The molecule has 0 saturated carbocycles. The van der Waals surface area contributed by atoms with Crippen molar-refractivity contribution in [3.63, 3.8) is 0 Å². The number of nitrogens with zero attached hydrogens (tertiary/aromatic N) is 4. The predicted molar refractivity (Wildman–Crippen MR) is 123 cm³/mol. The predicted octanol–water partition coefficient (Wildman–Crippen LogP) is 5.80. The van der Waals surface area contributed by atoms with Crippen molar-refractivity contribution in [1.29, 1.82) is 0 Å². The molecule has 1 saturated heterocycles. The fraction of sp³-hybridized carbons (Fsp3) is 0.364. The Kier molecular flexibility index (Phi) is 7.08. The van der Waals surface area contributed by atoms with Gasteiger partial charge in [0.2, 0.25) is 0 Å². The molecule has 0 aliphatic carbocycles. The van der Waals surface area contributed by atoms with Crippen molar-refractivity contribution in [3.8, 4) is 11.4 Å². The van der Waals surface area contributed by atoms with Gasteiger partial charge in [-0.15, -0.1) is 0 Å². The monoisotopic (exact) mass is 480 g/mol. The van der Waals surface area contributed by atoms with Gasteiger partial charge in [0, 0.05) is 34.3 Å². The quantitative estimate of drug-likeness (QED) is 0.400. The van der Waals surface area contributed by atoms with Crippen LogP contribution in [0.3, 0.4) is 0 Å². The van der Waals surface area contributed by atoms with Gasteiger partial charge < -0.3 is 4.74 Å². The maximum atomic E-state index is 14.2. The van der Waals surface area contributed by atoms with Crippen LogP contribution in [0.5, 0.6) is 0 Å². The van der Waals surface area contributed by atoms with Gasteiger partial charge in [0.05, 0.1) is 19.3 Å². The summed E-state index contributed by atoms with van der Waals surface area (Å²) in [6, 6.07) is 12.2. The average molecular weight is 481 g/mol. The van der Waals surface area contributed by atoms with E-state index in [1.807, 2.05) is 40.8 Å². The molecular formula is C22H23Cl2FN4OS. The Morgan fingerprint density at radius 1 is 1.23 bits per heavy atom. The van der Waals surface area contributed by atoms with Gasteiger partial charge >= 0.3 is 0 Å². The van der Waals surface area contributed by atoms with E-state index in [1.165, 1.54) is 6.07 Å². The van der Waals surface area contributed by atoms with E-state index in [0.717, 1.165) is 30.8 Å². The zero-order chi connectivity index (χ0) is 22.0. The number of ether oxygens (including phenoxy) is 1. The van der Waals surface area contributed by atoms with E-state index >= 15 is 0 Å². The Labute approximate surface area is 196 Å². The van der Waals surface area contributed by atoms with Crippen molar-refractivity contribution in [2.75, 3.05) is 13.7 Å². The highest BCUT2D eigenvalue weighted by Gasteiger charge is 2.21. The van der Waals surface area contributed by atoms with Crippen LogP contribution in [0.25, 0.3) is 11.4 Å². The molecule has 2 heterocycles. The smallest absolute Gasteiger partial charge is 0.199 e. The molecule has 1 fully saturated rings. The summed E-state index contributed by atoms with van der Waals surface area (Å²) in [5.41, 5.74) is 1.38. The first kappa shape index (κ1) is 22.4. The van der Waals surface area contributed by atoms with Crippen LogP contribution in [0.4, 0.5) is 4.39 Å². The van der Waals surface area contributed by atoms with Crippen LogP contribution in [0.1, 0.15) is 18.4 Å². The summed E-state index contributed by atoms with van der Waals surface area (Å²) in [5.74, 6) is 0.434. The number of halogens is 3. The van der Waals surface area contributed by atoms with Crippen molar-refractivity contribution < 1.29 is 9.13 Å². The first-order valence-electron chi connectivity index (χ1n) is 10.1. The molecule has 0 amide bonds. The maximum Gasteiger partial charge on any atom is 0.199 e. The molecule has 0 unspecified atom stereocenters. The molecule has 3 aromatic rings. The molecule has 5 nitrogen and oxygen atoms in total. The van der Waals surface area contributed by atoms with Crippen LogP contribution in [0, 0.1) is 10.6 Å². The summed E-state index contributed by atoms with van der Waals surface area (Å²) in [5, 5.41) is 5.85. The minimum atomic E-state index is -0.325. The van der Waals surface area contributed by atoms with Crippen LogP contribution < -0.4 is 0 Å². The Balaban J connectivity index is 1.62. The highest BCUT2D eigenvalue weighted by Crippen LogP contribution is 2.24. The maximum absolute atomic E-state index is 14.2. The lowest BCUT2D eigenvalue weighted by Gasteiger charge is -2.17. The summed E-state index contributed by atoms with van der Waals surface area (Å²) in [6.07, 6.45) is 2.16. The van der Waals surface area contributed by atoms with Crippen LogP contribution in [-0.4, -0.2) is 39.0 Å². The minimum Gasteiger partial charge on any atom is -0.376 e. The Hall–Kier alpha value is -1.77. The van der Waals surface area contributed by atoms with Gasteiger partial charge in [0.25, 0.3) is 0 Å². The standard InChI is InChI=1S/C22H23Cl2FN4OS/c1-27(13-18-19(24)5-2-6-20(18)25)14-29-22(31)28(12-17-4-3-11-30-17)21(26-29)15-7-9-16(23)10-8-15/h2,5-10,17H,3-4,11-14H2,1H3/t17-/m1/s1. The summed E-state index contributed by atoms with van der Waals surface area (Å²) < 4.78 is 24.4. The van der Waals surface area contributed by atoms with Crippen LogP contribution in [-0.2, 0) is 24.5 Å². The lowest BCUT2D eigenvalue weighted by atomic mass is 10.2. The molecular weight excluding hydrogens is 458 g/mol. The molecule has 164 valence electrons. The van der Waals surface area contributed by atoms with Crippen molar-refractivity contribution in [2.24, 2.45) is 0 Å². The van der Waals surface area contributed by atoms with E-state index < -0.39 is 0 Å². The molecule has 0 spiro atoms. The molecule has 0 bridgehead atoms. The molecule has 1 aliphatic rings. The van der Waals surface area contributed by atoms with E-state index in [0.29, 0.717) is 40.1 Å². The highest BCUT2D eigenvalue weighted by molar-refractivity contribution is 7.71. The van der Waals surface area contributed by atoms with Gasteiger partial charge in [0.1, 0.15) is 5.82 Å². The largest absolute Gasteiger partial charge is 0.376 e. The summed E-state index contributed by atoms with van der Waals surface area (Å²) >= 11 is 18.0. The van der Waals surface area contributed by atoms with Crippen LogP contribution in [0.15, 0.2) is 42.5 Å². The lowest BCUT2D eigenvalue weighted by molar-refractivity contribution is 0.0967. The normalized spacial score (nSPS) is 16.4. The van der Waals surface area contributed by atoms with Crippen molar-refractivity contribution in [3.05, 3.63) is 68.7 Å². The Morgan fingerprint density at radius 3 is 2.68 bits per heavy atom. The fourth-order valence-corrected chi connectivity index (χ4v) is 4.34. The number of hydrogen-bond donors (Lipinski definition) is 0. The van der Waals surface area contributed by atoms with E-state index in [2.05, 4.69) is 0 Å². The third-order valence-electron chi connectivity index (χ3n) is 5.30. The highest BCUT2D eigenvalue weighted by atomic mass is 35.5. The first-order chi connectivity index (χ1) is 14.9. The second-order valence-corrected chi connectivity index (χ2v) is 8.92. The minimum absolute atomic E-state index is 0.116. The second kappa shape index (κ2) is 9.79. The van der Waals surface area contributed by atoms with E-state index in [4.69, 9.17) is 45.3 Å². The van der Waals surface area contributed by atoms with Crippen molar-refractivity contribution in [2.45, 2.75) is 38.7 Å². The SMILES string of the molecule is CN(Cc1c(F)cccc1Cl)Cn1nc(-c2ccc(Cl)cc2)n(C[C@H]2CCCO2)c1=S. The molecule has 9 heteroatoms. The first-order valence-corrected chi connectivity index (χ1v) is 11.3. The number of rotatable bonds is 7. The summed E-state index contributed by atoms with van der Waals surface area (Å²) in [4.78, 5) is 1.93. The van der Waals surface area contributed by atoms with Gasteiger partial charge in [-0.2, -0.15) is 5.10 Å². The summed E-state index contributed by atoms with van der Waals surface area (Å²) in [6.45, 7) is 2.14. The molecule has 0 N–H and O–H groups in total. The Bertz CT molecular complexity index is 1090. The van der Waals surface area contributed by atoms with Gasteiger partial charge in [0.15, 0.2) is 10.6 Å². The molecule has 1 aliphatic heterocycles. The van der Waals surface area contributed by atoms with E-state index in [1.54, 1.807) is 16.8 Å². The molecule has 31 heavy (non-hydrogen) atoms. The van der Waals surface area contributed by atoms with E-state index in [9.17, 15) is 4.39 Å². The third kappa shape index (κ3) is 5.18. The molecule has 4 rings (SSSR count). The van der Waals surface area contributed by atoms with Gasteiger partial charge in [-0.1, -0.05) is 29.3 Å². The van der Waals surface area contributed by atoms with Gasteiger partial charge in [-0.05, 0) is 68.5 Å². The zero-order valence-electron chi connectivity index (χ0n) is 17.1. The van der Waals surface area contributed by atoms with Gasteiger partial charge in [-0.25, -0.2) is 9.07 Å². The van der Waals surface area contributed by atoms with E-state index in [-0.39, 0.29) is 11.9 Å². The third-order valence-corrected chi connectivity index (χ3v) is 6.34. The molecule has 1 atom stereocenters. The van der Waals surface area contributed by atoms with Crippen LogP contribution in [0.2, 0.25) is 10.0 Å². The molecule has 1 aromatic heterocycles. The number of aromatic nitrogens is 3. The van der Waals surface area contributed by atoms with Crippen LogP contribution >= 0.6 is 35.4 Å². The summed E-state index contributed by atoms with van der Waals surface area (Å²) in [7, 11) is 1.88. The average Bonchev–Trinajstić information content (AvgIpc) is 3.36. The molecule has 0 radical (unpaired) electrons. The zero-order valence-corrected chi connectivity index (χ0v) is 19.4. The van der Waals surface area contributed by atoms with Gasteiger partial charge in [-0.3, -0.25) is 9.47 Å². The lowest BCUT2D eigenvalue weighted by Crippen LogP contribution is -2.23. The van der Waals surface area contributed by atoms with Crippen molar-refractivity contribution in [1.82, 2.24) is 19.2 Å². The fourth-order valence-electron chi connectivity index (χ4n) is 3.73. The molecule has 2 aromatic carbocycles. The Morgan fingerprint density at radius 2 is 2.00 bits per heavy atom. The second-order valence-electron chi connectivity index (χ2n) is 7.71. The van der Waals surface area contributed by atoms with Crippen molar-refractivity contribution >= 4 is 35.4 Å².